The Morgan fingerprint density at radius 1 is 1.06 bits per heavy atom. The van der Waals surface area contributed by atoms with Crippen molar-refractivity contribution in [1.82, 2.24) is 34.9 Å². The lowest BCUT2D eigenvalue weighted by Crippen LogP contribution is -2.55. The monoisotopic (exact) mass is 899 g/mol. The average Bonchev–Trinajstić information content (AvgIpc) is 3.68. The number of nitrogens with one attached hydrogen (secondary N) is 3. The second-order valence-corrected chi connectivity index (χ2v) is 16.7. The summed E-state index contributed by atoms with van der Waals surface area (Å²) < 4.78 is 16.7. The molecule has 16 nitrogen and oxygen atoms in total. The van der Waals surface area contributed by atoms with E-state index in [1.807, 2.05) is 50.2 Å². The van der Waals surface area contributed by atoms with E-state index in [4.69, 9.17) is 21.6 Å². The normalized spacial score (nSPS) is 14.9. The third-order valence-electron chi connectivity index (χ3n) is 11.9. The highest BCUT2D eigenvalue weighted by atomic mass is 35.5. The first kappa shape index (κ1) is 44.2. The van der Waals surface area contributed by atoms with Crippen LogP contribution >= 0.6 is 11.6 Å². The Kier molecular flexibility index (Phi) is 12.7. The smallest absolute Gasteiger partial charge is 0.348 e. The minimum absolute atomic E-state index is 0.00491. The van der Waals surface area contributed by atoms with E-state index in [0.29, 0.717) is 61.5 Å². The Labute approximate surface area is 378 Å². The van der Waals surface area contributed by atoms with Gasteiger partial charge in [0.1, 0.15) is 23.1 Å². The van der Waals surface area contributed by atoms with Gasteiger partial charge < -0.3 is 35.5 Å². The van der Waals surface area contributed by atoms with Crippen molar-refractivity contribution in [2.45, 2.75) is 58.2 Å². The zero-order chi connectivity index (χ0) is 45.9. The van der Waals surface area contributed by atoms with E-state index in [-0.39, 0.29) is 83.8 Å². The number of hydrogen-bond acceptors (Lipinski definition) is 12. The van der Waals surface area contributed by atoms with Gasteiger partial charge in [-0.3, -0.25) is 9.59 Å². The molecule has 2 aromatic heterocycles. The number of fused-ring (bicyclic) bond motifs is 2. The molecule has 2 aliphatic rings. The fraction of sp³-hybridized carbons (Fsp3) is 0.298. The van der Waals surface area contributed by atoms with E-state index in [1.54, 1.807) is 4.90 Å². The second-order valence-electron chi connectivity index (χ2n) is 16.3. The topological polar surface area (TPSA) is 209 Å². The molecule has 1 atom stereocenters. The van der Waals surface area contributed by atoms with Crippen LogP contribution in [0.1, 0.15) is 55.0 Å². The Morgan fingerprint density at radius 3 is 2.62 bits per heavy atom. The number of carbonyl (C=O) groups is 2. The number of anilines is 3. The van der Waals surface area contributed by atoms with Gasteiger partial charge in [0.15, 0.2) is 5.82 Å². The number of phenols is 2. The van der Waals surface area contributed by atoms with Gasteiger partial charge in [-0.05, 0) is 59.7 Å². The number of phenolic OH excluding ortho intramolecular Hbond substituents is 2. The van der Waals surface area contributed by atoms with Crippen molar-refractivity contribution < 1.29 is 24.2 Å². The van der Waals surface area contributed by atoms with Crippen LogP contribution < -0.4 is 26.1 Å². The van der Waals surface area contributed by atoms with Gasteiger partial charge in [0, 0.05) is 74.0 Å². The van der Waals surface area contributed by atoms with E-state index < -0.39 is 11.5 Å². The first-order valence-corrected chi connectivity index (χ1v) is 21.6. The summed E-state index contributed by atoms with van der Waals surface area (Å²) in [4.78, 5) is 54.7. The fourth-order valence-electron chi connectivity index (χ4n) is 8.57. The van der Waals surface area contributed by atoms with E-state index in [9.17, 15) is 29.9 Å². The van der Waals surface area contributed by atoms with Gasteiger partial charge in [0.25, 0.3) is 0 Å². The van der Waals surface area contributed by atoms with Crippen molar-refractivity contribution in [1.29, 1.82) is 5.26 Å². The van der Waals surface area contributed by atoms with E-state index in [1.165, 1.54) is 30.3 Å². The Bertz CT molecular complexity index is 2920. The lowest BCUT2D eigenvalue weighted by atomic mass is 9.98. The fourth-order valence-corrected chi connectivity index (χ4v) is 8.85. The van der Waals surface area contributed by atoms with Gasteiger partial charge in [-0.15, -0.1) is 0 Å². The molecule has 334 valence electrons. The lowest BCUT2D eigenvalue weighted by Gasteiger charge is -2.42. The number of nitrogens with zero attached hydrogens (tertiary/aromatic N) is 8. The highest BCUT2D eigenvalue weighted by Crippen LogP contribution is 2.39. The SMILES string of the molecule is C=CC(=O)N1CCN(c2nc(NCCC(=O)NCc3ccc(-n4c(-c5cc(C(C)C)c(O)cc5O)n[nH]c4=O)cc3F)nc3c2CCN(c2cccc4cccc(Cl)c24)C3)C[C@H]1CC#N. The molecule has 5 N–H and O–H groups in total. The van der Waals surface area contributed by atoms with Crippen LogP contribution in [0, 0.1) is 17.1 Å². The van der Waals surface area contributed by atoms with E-state index >= 15 is 4.39 Å². The van der Waals surface area contributed by atoms with Crippen LogP contribution in [0.4, 0.5) is 21.8 Å². The maximum absolute atomic E-state index is 15.6. The highest BCUT2D eigenvalue weighted by molar-refractivity contribution is 6.36. The molecule has 4 aromatic carbocycles. The predicted molar refractivity (Wildman–Crippen MR) is 246 cm³/mol. The number of carbonyl (C=O) groups excluding carboxylic acids is 2. The molecule has 6 aromatic rings. The van der Waals surface area contributed by atoms with Crippen LogP contribution in [0.2, 0.25) is 5.02 Å². The maximum Gasteiger partial charge on any atom is 0.348 e. The molecule has 0 spiro atoms. The molecule has 1 saturated heterocycles. The van der Waals surface area contributed by atoms with Gasteiger partial charge in [-0.1, -0.05) is 62.4 Å². The van der Waals surface area contributed by atoms with Crippen molar-refractivity contribution in [3.05, 3.63) is 123 Å². The molecule has 0 bridgehead atoms. The molecule has 65 heavy (non-hydrogen) atoms. The number of nitriles is 1. The Balaban J connectivity index is 0.975. The van der Waals surface area contributed by atoms with Crippen molar-refractivity contribution in [3.63, 3.8) is 0 Å². The molecule has 18 heteroatoms. The zero-order valence-electron chi connectivity index (χ0n) is 35.8. The molecular weight excluding hydrogens is 853 g/mol. The van der Waals surface area contributed by atoms with Crippen LogP contribution in [-0.4, -0.2) is 90.4 Å². The van der Waals surface area contributed by atoms with Gasteiger partial charge in [-0.2, -0.15) is 15.3 Å². The number of halogens is 2. The largest absolute Gasteiger partial charge is 0.508 e. The van der Waals surface area contributed by atoms with Gasteiger partial charge in [0.05, 0.1) is 47.0 Å². The minimum Gasteiger partial charge on any atom is -0.508 e. The third kappa shape index (κ3) is 9.02. The summed E-state index contributed by atoms with van der Waals surface area (Å²) in [6.45, 7) is 9.78. The molecule has 0 radical (unpaired) electrons. The lowest BCUT2D eigenvalue weighted by molar-refractivity contribution is -0.128. The van der Waals surface area contributed by atoms with Crippen molar-refractivity contribution in [3.8, 4) is 34.6 Å². The summed E-state index contributed by atoms with van der Waals surface area (Å²) in [5.74, 6) is -0.754. The molecule has 4 heterocycles. The highest BCUT2D eigenvalue weighted by Gasteiger charge is 2.33. The minimum atomic E-state index is -0.681. The summed E-state index contributed by atoms with van der Waals surface area (Å²) in [5, 5.41) is 45.6. The number of H-pyrrole nitrogens is 1. The summed E-state index contributed by atoms with van der Waals surface area (Å²) >= 11 is 6.73. The third-order valence-corrected chi connectivity index (χ3v) is 12.2. The molecule has 2 aliphatic heterocycles. The quantitative estimate of drug-likeness (QED) is 0.0810. The van der Waals surface area contributed by atoms with Crippen LogP contribution in [0.15, 0.2) is 84.2 Å². The summed E-state index contributed by atoms with van der Waals surface area (Å²) in [6.07, 6.45) is 2.04. The van der Waals surface area contributed by atoms with Crippen molar-refractivity contribution in [2.75, 3.05) is 47.8 Å². The number of amides is 2. The van der Waals surface area contributed by atoms with Crippen molar-refractivity contribution in [2.24, 2.45) is 0 Å². The number of aromatic hydroxyl groups is 2. The van der Waals surface area contributed by atoms with Gasteiger partial charge in [0.2, 0.25) is 17.8 Å². The van der Waals surface area contributed by atoms with Crippen LogP contribution in [0.25, 0.3) is 27.8 Å². The molecule has 2 amide bonds. The first-order valence-electron chi connectivity index (χ1n) is 21.2. The van der Waals surface area contributed by atoms with Gasteiger partial charge in [-0.25, -0.2) is 23.8 Å². The van der Waals surface area contributed by atoms with Crippen LogP contribution in [0.5, 0.6) is 11.5 Å². The maximum atomic E-state index is 15.6. The molecule has 8 rings (SSSR count). The number of hydrogen-bond donors (Lipinski definition) is 5. The molecule has 0 saturated carbocycles. The second kappa shape index (κ2) is 18.7. The number of aromatic amines is 1. The molecule has 1 fully saturated rings. The summed E-state index contributed by atoms with van der Waals surface area (Å²) in [6, 6.07) is 20.6. The summed E-state index contributed by atoms with van der Waals surface area (Å²) in [7, 11) is 0. The van der Waals surface area contributed by atoms with E-state index in [2.05, 4.69) is 43.3 Å². The number of rotatable bonds is 13. The number of benzene rings is 4. The molecule has 0 unspecified atom stereocenters. The Hall–Kier alpha value is -7.45. The first-order chi connectivity index (χ1) is 31.3. The predicted octanol–water partition coefficient (Wildman–Crippen LogP) is 6.30. The van der Waals surface area contributed by atoms with Gasteiger partial charge >= 0.3 is 5.69 Å². The van der Waals surface area contributed by atoms with Crippen LogP contribution in [-0.2, 0) is 29.1 Å². The van der Waals surface area contributed by atoms with Crippen LogP contribution in [0.3, 0.4) is 0 Å². The average molecular weight is 900 g/mol. The molecular formula is C47H47ClFN11O5. The summed E-state index contributed by atoms with van der Waals surface area (Å²) in [5.41, 5.74) is 3.09. The van der Waals surface area contributed by atoms with Crippen molar-refractivity contribution >= 4 is 51.6 Å². The standard InChI is InChI=1S/C47H47ClFN11O5/c1-4-42(64)59-20-19-58(25-31(59)13-16-50)44-32-15-18-57(38-10-6-8-28-7-5-9-35(48)43(28)38)26-37(32)53-46(54-44)51-17-14-41(63)52-24-29-11-12-30(21-36(29)49)60-45(55-56-47(60)65)34-22-33(27(2)3)39(61)23-40(34)62/h4-12,21-23,27,31,61-62H,1,13-15,17-20,24-26H2,2-3H3,(H,52,63)(H,56,65)(H,51,53,54)/t31-/m1/s1. The number of aromatic nitrogens is 5. The zero-order valence-corrected chi connectivity index (χ0v) is 36.6. The molecule has 0 aliphatic carbocycles. The number of piperazine rings is 1. The Morgan fingerprint density at radius 2 is 1.86 bits per heavy atom. The van der Waals surface area contributed by atoms with E-state index in [0.717, 1.165) is 38.4 Å².